The van der Waals surface area contributed by atoms with Crippen LogP contribution in [0.4, 0.5) is 0 Å². The van der Waals surface area contributed by atoms with Crippen molar-refractivity contribution in [2.75, 3.05) is 24.7 Å². The molecular formula is C15H21NO5S2. The minimum Gasteiger partial charge on any atom is -0.494 e. The first-order chi connectivity index (χ1) is 10.8. The largest absolute Gasteiger partial charge is 0.494 e. The molecule has 1 saturated heterocycles. The van der Waals surface area contributed by atoms with Gasteiger partial charge in [-0.15, -0.1) is 6.58 Å². The van der Waals surface area contributed by atoms with Gasteiger partial charge >= 0.3 is 0 Å². The lowest BCUT2D eigenvalue weighted by Gasteiger charge is -2.19. The van der Waals surface area contributed by atoms with Gasteiger partial charge in [-0.2, -0.15) is 0 Å². The van der Waals surface area contributed by atoms with Crippen LogP contribution in [-0.2, 0) is 19.7 Å². The molecule has 0 spiro atoms. The zero-order chi connectivity index (χ0) is 17.1. The smallest absolute Gasteiger partial charge is 0.183 e. The van der Waals surface area contributed by atoms with Crippen LogP contribution in [0.3, 0.4) is 0 Å². The van der Waals surface area contributed by atoms with Crippen LogP contribution in [0.2, 0.25) is 0 Å². The monoisotopic (exact) mass is 359 g/mol. The van der Waals surface area contributed by atoms with Gasteiger partial charge in [0.25, 0.3) is 0 Å². The standard InChI is InChI=1S/C15H21NO5S2/c1-3-9-16-14-10-22(17,18)11-15(14)23(19,20)13-7-5-12(6-8-13)21-4-2/h3,5-8,14-16H,1,4,9-11H2,2H3. The lowest BCUT2D eigenvalue weighted by atomic mass is 10.2. The highest BCUT2D eigenvalue weighted by Crippen LogP contribution is 2.27. The second-order valence-corrected chi connectivity index (χ2v) is 9.69. The molecule has 0 aromatic heterocycles. The Kier molecular flexibility index (Phi) is 5.49. The Morgan fingerprint density at radius 2 is 1.96 bits per heavy atom. The summed E-state index contributed by atoms with van der Waals surface area (Å²) in [5.41, 5.74) is 0. The Labute approximate surface area is 137 Å². The maximum absolute atomic E-state index is 12.8. The summed E-state index contributed by atoms with van der Waals surface area (Å²) >= 11 is 0. The molecule has 0 aliphatic carbocycles. The summed E-state index contributed by atoms with van der Waals surface area (Å²) in [7, 11) is -7.14. The molecule has 0 bridgehead atoms. The maximum Gasteiger partial charge on any atom is 0.183 e. The van der Waals surface area contributed by atoms with Crippen LogP contribution in [0, 0.1) is 0 Å². The lowest BCUT2D eigenvalue weighted by Crippen LogP contribution is -2.43. The number of hydrogen-bond donors (Lipinski definition) is 1. The van der Waals surface area contributed by atoms with Crippen LogP contribution >= 0.6 is 0 Å². The summed E-state index contributed by atoms with van der Waals surface area (Å²) in [6, 6.07) is 5.43. The van der Waals surface area contributed by atoms with Crippen molar-refractivity contribution in [3.8, 4) is 5.75 Å². The average molecular weight is 359 g/mol. The van der Waals surface area contributed by atoms with Crippen molar-refractivity contribution in [3.05, 3.63) is 36.9 Å². The quantitative estimate of drug-likeness (QED) is 0.725. The SMILES string of the molecule is C=CCNC1CS(=O)(=O)CC1S(=O)(=O)c1ccc(OCC)cc1. The summed E-state index contributed by atoms with van der Waals surface area (Å²) in [5, 5.41) is 1.95. The summed E-state index contributed by atoms with van der Waals surface area (Å²) in [5.74, 6) is 0.0332. The molecule has 1 aromatic carbocycles. The second-order valence-electron chi connectivity index (χ2n) is 5.37. The molecule has 2 unspecified atom stereocenters. The van der Waals surface area contributed by atoms with Gasteiger partial charge in [-0.1, -0.05) is 6.08 Å². The summed E-state index contributed by atoms with van der Waals surface area (Å²) in [4.78, 5) is 0.105. The van der Waals surface area contributed by atoms with Gasteiger partial charge in [0.1, 0.15) is 5.75 Å². The van der Waals surface area contributed by atoms with E-state index in [2.05, 4.69) is 11.9 Å². The van der Waals surface area contributed by atoms with E-state index in [1.807, 2.05) is 6.92 Å². The fourth-order valence-electron chi connectivity index (χ4n) is 2.61. The van der Waals surface area contributed by atoms with Crippen LogP contribution in [-0.4, -0.2) is 52.8 Å². The van der Waals surface area contributed by atoms with Crippen molar-refractivity contribution in [1.82, 2.24) is 5.32 Å². The Balaban J connectivity index is 2.30. The van der Waals surface area contributed by atoms with Crippen LogP contribution in [0.25, 0.3) is 0 Å². The second kappa shape index (κ2) is 7.02. The van der Waals surface area contributed by atoms with E-state index in [-0.39, 0.29) is 16.4 Å². The number of nitrogens with one attached hydrogen (secondary N) is 1. The fraction of sp³-hybridized carbons (Fsp3) is 0.467. The van der Waals surface area contributed by atoms with Gasteiger partial charge in [-0.3, -0.25) is 0 Å². The molecule has 23 heavy (non-hydrogen) atoms. The molecule has 8 heteroatoms. The number of ether oxygens (including phenoxy) is 1. The summed E-state index contributed by atoms with van der Waals surface area (Å²) < 4.78 is 54.6. The molecule has 1 aliphatic heterocycles. The van der Waals surface area contributed by atoms with Crippen molar-refractivity contribution in [1.29, 1.82) is 0 Å². The minimum absolute atomic E-state index is 0.105. The zero-order valence-corrected chi connectivity index (χ0v) is 14.6. The topological polar surface area (TPSA) is 89.5 Å². The molecule has 1 N–H and O–H groups in total. The molecule has 0 amide bonds. The van der Waals surface area contributed by atoms with Gasteiger partial charge in [-0.25, -0.2) is 16.8 Å². The van der Waals surface area contributed by atoms with Gasteiger partial charge in [0.2, 0.25) is 0 Å². The first-order valence-corrected chi connectivity index (χ1v) is 10.7. The molecular weight excluding hydrogens is 338 g/mol. The molecule has 2 rings (SSSR count). The van der Waals surface area contributed by atoms with Gasteiger partial charge < -0.3 is 10.1 Å². The molecule has 1 fully saturated rings. The van der Waals surface area contributed by atoms with Gasteiger partial charge in [0.05, 0.1) is 28.3 Å². The van der Waals surface area contributed by atoms with Gasteiger partial charge in [0.15, 0.2) is 19.7 Å². The Morgan fingerprint density at radius 3 is 2.52 bits per heavy atom. The fourth-order valence-corrected chi connectivity index (χ4v) is 7.33. The van der Waals surface area contributed by atoms with E-state index in [0.29, 0.717) is 18.9 Å². The van der Waals surface area contributed by atoms with Crippen LogP contribution < -0.4 is 10.1 Å². The normalized spacial score (nSPS) is 23.5. The average Bonchev–Trinajstić information content (AvgIpc) is 2.82. The van der Waals surface area contributed by atoms with E-state index < -0.39 is 31.0 Å². The van der Waals surface area contributed by atoms with Gasteiger partial charge in [0, 0.05) is 12.6 Å². The number of hydrogen-bond acceptors (Lipinski definition) is 6. The molecule has 2 atom stereocenters. The van der Waals surface area contributed by atoms with Crippen molar-refractivity contribution >= 4 is 19.7 Å². The van der Waals surface area contributed by atoms with E-state index in [4.69, 9.17) is 4.74 Å². The summed E-state index contributed by atoms with van der Waals surface area (Å²) in [6.45, 7) is 6.24. The first-order valence-electron chi connectivity index (χ1n) is 7.31. The van der Waals surface area contributed by atoms with E-state index in [0.717, 1.165) is 0 Å². The van der Waals surface area contributed by atoms with Gasteiger partial charge in [-0.05, 0) is 31.2 Å². The third kappa shape index (κ3) is 4.13. The van der Waals surface area contributed by atoms with Crippen LogP contribution in [0.1, 0.15) is 6.92 Å². The van der Waals surface area contributed by atoms with E-state index in [1.165, 1.54) is 12.1 Å². The summed E-state index contributed by atoms with van der Waals surface area (Å²) in [6.07, 6.45) is 1.57. The highest BCUT2D eigenvalue weighted by atomic mass is 32.2. The lowest BCUT2D eigenvalue weighted by molar-refractivity contribution is 0.340. The van der Waals surface area contributed by atoms with Crippen molar-refractivity contribution < 1.29 is 21.6 Å². The molecule has 6 nitrogen and oxygen atoms in total. The molecule has 1 aromatic rings. The number of sulfone groups is 2. The van der Waals surface area contributed by atoms with Crippen molar-refractivity contribution in [3.63, 3.8) is 0 Å². The Morgan fingerprint density at radius 1 is 1.30 bits per heavy atom. The first kappa shape index (κ1) is 18.0. The van der Waals surface area contributed by atoms with E-state index in [9.17, 15) is 16.8 Å². The predicted octanol–water partition coefficient (Wildman–Crippen LogP) is 0.800. The Hall–Kier alpha value is -1.38. The minimum atomic E-state index is -3.75. The third-order valence-corrected chi connectivity index (χ3v) is 7.85. The molecule has 1 aliphatic rings. The maximum atomic E-state index is 12.8. The number of benzene rings is 1. The van der Waals surface area contributed by atoms with E-state index >= 15 is 0 Å². The highest BCUT2D eigenvalue weighted by Gasteiger charge is 2.45. The van der Waals surface area contributed by atoms with Crippen LogP contribution in [0.5, 0.6) is 5.75 Å². The molecule has 0 saturated carbocycles. The molecule has 128 valence electrons. The molecule has 0 radical (unpaired) electrons. The van der Waals surface area contributed by atoms with Crippen LogP contribution in [0.15, 0.2) is 41.8 Å². The highest BCUT2D eigenvalue weighted by molar-refractivity contribution is 7.96. The van der Waals surface area contributed by atoms with Crippen molar-refractivity contribution in [2.24, 2.45) is 0 Å². The molecule has 1 heterocycles. The number of rotatable bonds is 7. The third-order valence-electron chi connectivity index (χ3n) is 3.69. The van der Waals surface area contributed by atoms with Crippen molar-refractivity contribution in [2.45, 2.75) is 23.1 Å². The zero-order valence-electron chi connectivity index (χ0n) is 12.9. The van der Waals surface area contributed by atoms with E-state index in [1.54, 1.807) is 18.2 Å². The Bertz CT molecular complexity index is 754. The predicted molar refractivity (Wildman–Crippen MR) is 89.2 cm³/mol.